The molecular formula is C21H28BNO4. The summed E-state index contributed by atoms with van der Waals surface area (Å²) in [5, 5.41) is 0. The van der Waals surface area contributed by atoms with Crippen molar-refractivity contribution in [1.29, 1.82) is 0 Å². The molecule has 0 atom stereocenters. The molecule has 0 spiro atoms. The first-order valence-corrected chi connectivity index (χ1v) is 9.70. The van der Waals surface area contributed by atoms with Gasteiger partial charge in [0.05, 0.1) is 22.3 Å². The summed E-state index contributed by atoms with van der Waals surface area (Å²) in [6.07, 6.45) is 5.78. The lowest BCUT2D eigenvalue weighted by atomic mass is 9.89. The number of hydrogen-bond donors (Lipinski definition) is 0. The van der Waals surface area contributed by atoms with E-state index >= 15 is 0 Å². The molecule has 0 saturated carbocycles. The third-order valence-corrected chi connectivity index (χ3v) is 5.70. The van der Waals surface area contributed by atoms with Gasteiger partial charge in [-0.2, -0.15) is 0 Å². The number of hydrogen-bond acceptors (Lipinski definition) is 4. The quantitative estimate of drug-likeness (QED) is 0.414. The van der Waals surface area contributed by atoms with Crippen LogP contribution in [0.15, 0.2) is 36.3 Å². The van der Waals surface area contributed by atoms with Gasteiger partial charge in [-0.3, -0.25) is 14.5 Å². The lowest BCUT2D eigenvalue weighted by Crippen LogP contribution is -2.41. The molecule has 1 aromatic carbocycles. The second kappa shape index (κ2) is 7.60. The van der Waals surface area contributed by atoms with Gasteiger partial charge in [0, 0.05) is 6.54 Å². The average molecular weight is 369 g/mol. The second-order valence-electron chi connectivity index (χ2n) is 8.21. The van der Waals surface area contributed by atoms with E-state index in [1.165, 1.54) is 4.90 Å². The molecule has 0 bridgehead atoms. The van der Waals surface area contributed by atoms with E-state index in [-0.39, 0.29) is 30.1 Å². The highest BCUT2D eigenvalue weighted by atomic mass is 16.7. The van der Waals surface area contributed by atoms with Gasteiger partial charge in [-0.15, -0.1) is 0 Å². The number of unbranched alkanes of at least 4 members (excludes halogenated alkanes) is 3. The van der Waals surface area contributed by atoms with Crippen molar-refractivity contribution >= 4 is 18.9 Å². The third kappa shape index (κ3) is 4.02. The van der Waals surface area contributed by atoms with Gasteiger partial charge in [-0.1, -0.05) is 30.6 Å². The Morgan fingerprint density at radius 3 is 2.04 bits per heavy atom. The molecule has 2 heterocycles. The normalized spacial score (nSPS) is 20.7. The number of carbonyl (C=O) groups is 2. The molecule has 1 aromatic rings. The summed E-state index contributed by atoms with van der Waals surface area (Å²) in [6, 6.07) is 7.02. The lowest BCUT2D eigenvalue weighted by Gasteiger charge is -2.32. The highest BCUT2D eigenvalue weighted by Gasteiger charge is 2.49. The Morgan fingerprint density at radius 2 is 1.48 bits per heavy atom. The first-order valence-electron chi connectivity index (χ1n) is 9.70. The number of imide groups is 1. The zero-order valence-corrected chi connectivity index (χ0v) is 16.7. The predicted molar refractivity (Wildman–Crippen MR) is 105 cm³/mol. The van der Waals surface area contributed by atoms with Crippen LogP contribution in [0.3, 0.4) is 0 Å². The number of fused-ring (bicyclic) bond motifs is 1. The highest BCUT2D eigenvalue weighted by Crippen LogP contribution is 2.36. The summed E-state index contributed by atoms with van der Waals surface area (Å²) in [5.41, 5.74) is 0.420. The lowest BCUT2D eigenvalue weighted by molar-refractivity contribution is 0.00578. The van der Waals surface area contributed by atoms with E-state index < -0.39 is 0 Å². The Bertz CT molecular complexity index is 705. The Balaban J connectivity index is 1.36. The number of rotatable bonds is 7. The maximum absolute atomic E-state index is 12.3. The molecule has 2 amide bonds. The number of carbonyl (C=O) groups excluding carboxylic acids is 2. The van der Waals surface area contributed by atoms with Gasteiger partial charge in [0.25, 0.3) is 11.8 Å². The standard InChI is InChI=1S/C21H28BNO4/c1-20(2)21(3,4)27-22(26-20)14-10-6-5-7-11-15-23-18(24)16-12-8-9-13-17(16)19(23)25/h8-10,12-14H,5-7,11,15H2,1-4H3/b14-10+. The maximum atomic E-state index is 12.3. The van der Waals surface area contributed by atoms with Gasteiger partial charge < -0.3 is 9.31 Å². The molecule has 144 valence electrons. The Hall–Kier alpha value is -1.92. The molecule has 0 N–H and O–H groups in total. The summed E-state index contributed by atoms with van der Waals surface area (Å²) in [7, 11) is -0.298. The minimum Gasteiger partial charge on any atom is -0.400 e. The van der Waals surface area contributed by atoms with E-state index in [2.05, 4.69) is 6.08 Å². The van der Waals surface area contributed by atoms with Crippen molar-refractivity contribution in [3.63, 3.8) is 0 Å². The fourth-order valence-electron chi connectivity index (χ4n) is 3.33. The molecule has 6 heteroatoms. The summed E-state index contributed by atoms with van der Waals surface area (Å²) < 4.78 is 11.8. The van der Waals surface area contributed by atoms with Crippen LogP contribution in [0.2, 0.25) is 0 Å². The van der Waals surface area contributed by atoms with E-state index in [4.69, 9.17) is 9.31 Å². The van der Waals surface area contributed by atoms with Crippen molar-refractivity contribution in [1.82, 2.24) is 4.90 Å². The van der Waals surface area contributed by atoms with Crippen molar-refractivity contribution in [2.24, 2.45) is 0 Å². The first kappa shape index (κ1) is 19.8. The molecule has 27 heavy (non-hydrogen) atoms. The maximum Gasteiger partial charge on any atom is 0.486 e. The van der Waals surface area contributed by atoms with Gasteiger partial charge in [-0.05, 0) is 59.1 Å². The second-order valence-corrected chi connectivity index (χ2v) is 8.21. The fourth-order valence-corrected chi connectivity index (χ4v) is 3.33. The van der Waals surface area contributed by atoms with Gasteiger partial charge >= 0.3 is 7.12 Å². The van der Waals surface area contributed by atoms with Crippen LogP contribution < -0.4 is 0 Å². The molecule has 2 aliphatic heterocycles. The number of benzene rings is 1. The van der Waals surface area contributed by atoms with E-state index in [0.29, 0.717) is 17.7 Å². The Morgan fingerprint density at radius 1 is 0.926 bits per heavy atom. The van der Waals surface area contributed by atoms with Gasteiger partial charge in [0.1, 0.15) is 0 Å². The molecule has 3 rings (SSSR count). The topological polar surface area (TPSA) is 55.8 Å². The molecular weight excluding hydrogens is 341 g/mol. The van der Waals surface area contributed by atoms with Gasteiger partial charge in [-0.25, -0.2) is 0 Å². The smallest absolute Gasteiger partial charge is 0.400 e. The van der Waals surface area contributed by atoms with Crippen LogP contribution in [-0.2, 0) is 9.31 Å². The van der Waals surface area contributed by atoms with Crippen LogP contribution >= 0.6 is 0 Å². The molecule has 0 aromatic heterocycles. The highest BCUT2D eigenvalue weighted by molar-refractivity contribution is 6.51. The molecule has 1 saturated heterocycles. The predicted octanol–water partition coefficient (Wildman–Crippen LogP) is 4.03. The third-order valence-electron chi connectivity index (χ3n) is 5.70. The molecule has 5 nitrogen and oxygen atoms in total. The van der Waals surface area contributed by atoms with Crippen molar-refractivity contribution in [2.75, 3.05) is 6.54 Å². The van der Waals surface area contributed by atoms with E-state index in [1.54, 1.807) is 24.3 Å². The van der Waals surface area contributed by atoms with Crippen molar-refractivity contribution in [2.45, 2.75) is 64.6 Å². The van der Waals surface area contributed by atoms with Crippen LogP contribution in [0.1, 0.15) is 74.1 Å². The minimum atomic E-state index is -0.311. The Kier molecular flexibility index (Phi) is 5.59. The summed E-state index contributed by atoms with van der Waals surface area (Å²) >= 11 is 0. The van der Waals surface area contributed by atoms with Crippen LogP contribution in [0.5, 0.6) is 0 Å². The summed E-state index contributed by atoms with van der Waals surface area (Å²) in [4.78, 5) is 25.9. The number of allylic oxidation sites excluding steroid dienone is 1. The van der Waals surface area contributed by atoms with Crippen LogP contribution in [0.4, 0.5) is 0 Å². The fraction of sp³-hybridized carbons (Fsp3) is 0.524. The van der Waals surface area contributed by atoms with Crippen LogP contribution in [0.25, 0.3) is 0 Å². The van der Waals surface area contributed by atoms with Crippen molar-refractivity contribution in [3.05, 3.63) is 47.4 Å². The van der Waals surface area contributed by atoms with E-state index in [0.717, 1.165) is 25.7 Å². The van der Waals surface area contributed by atoms with Gasteiger partial charge in [0.2, 0.25) is 0 Å². The first-order chi connectivity index (χ1) is 12.7. The zero-order chi connectivity index (χ0) is 19.7. The molecule has 1 fully saturated rings. The SMILES string of the molecule is CC1(C)OB(/C=C/CCCCCN2C(=O)c3ccccc3C2=O)OC1(C)C. The number of nitrogens with zero attached hydrogens (tertiary/aromatic N) is 1. The number of amides is 2. The molecule has 0 unspecified atom stereocenters. The zero-order valence-electron chi connectivity index (χ0n) is 16.7. The minimum absolute atomic E-state index is 0.170. The largest absolute Gasteiger partial charge is 0.486 e. The van der Waals surface area contributed by atoms with E-state index in [9.17, 15) is 9.59 Å². The van der Waals surface area contributed by atoms with Crippen molar-refractivity contribution in [3.8, 4) is 0 Å². The molecule has 0 radical (unpaired) electrons. The van der Waals surface area contributed by atoms with Crippen LogP contribution in [-0.4, -0.2) is 41.6 Å². The molecule has 2 aliphatic rings. The summed E-state index contributed by atoms with van der Waals surface area (Å²) in [5.74, 6) is 1.63. The van der Waals surface area contributed by atoms with E-state index in [1.807, 2.05) is 33.7 Å². The van der Waals surface area contributed by atoms with Crippen molar-refractivity contribution < 1.29 is 18.9 Å². The molecule has 0 aliphatic carbocycles. The van der Waals surface area contributed by atoms with Gasteiger partial charge in [0.15, 0.2) is 0 Å². The summed E-state index contributed by atoms with van der Waals surface area (Å²) in [6.45, 7) is 8.65. The average Bonchev–Trinajstić information content (AvgIpc) is 2.97. The Labute approximate surface area is 161 Å². The van der Waals surface area contributed by atoms with Crippen LogP contribution in [0, 0.1) is 0 Å². The monoisotopic (exact) mass is 369 g/mol.